The Bertz CT molecular complexity index is 3430. The van der Waals surface area contributed by atoms with Crippen LogP contribution in [0.5, 0.6) is 0 Å². The SMILES string of the molecule is CCn1c[n+]([C@@H]2O[C@H](COP(=O)(O)OP(=O)(O)OP(=O)(O)OC[C@H]3O[C@@H](n4cnc5c(N)ncnc54)[C@H](OC)[C@@H]3OP(=O)(O)OC[C@H]3O[C@@H](n4ccc(=O)[nH]c4=O)[C@H](O)[C@@H]3O)[C@@H](CC(=O)N(C)C)[C@H]2O)c2nc(N)[nH]c(=O)c21. The zero-order valence-electron chi connectivity index (χ0n) is 40.8. The van der Waals surface area contributed by atoms with Crippen molar-refractivity contribution in [3.05, 3.63) is 62.4 Å². The third-order valence-corrected chi connectivity index (χ3v) is 17.5. The van der Waals surface area contributed by atoms with Gasteiger partial charge in [0.15, 0.2) is 30.2 Å². The Labute approximate surface area is 435 Å². The van der Waals surface area contributed by atoms with E-state index < -0.39 is 154 Å². The molecule has 5 aromatic heterocycles. The second-order valence-corrected chi connectivity index (χ2v) is 23.6. The molecule has 0 radical (unpaired) electrons. The van der Waals surface area contributed by atoms with Gasteiger partial charge in [0.25, 0.3) is 17.1 Å². The lowest BCUT2D eigenvalue weighted by molar-refractivity contribution is -0.746. The van der Waals surface area contributed by atoms with Crippen LogP contribution >= 0.6 is 31.3 Å². The third-order valence-electron chi connectivity index (χ3n) is 12.3. The van der Waals surface area contributed by atoms with Crippen molar-refractivity contribution in [1.29, 1.82) is 0 Å². The van der Waals surface area contributed by atoms with Crippen molar-refractivity contribution in [3.8, 4) is 0 Å². The molecule has 0 bridgehead atoms. The number of aliphatic hydroxyl groups excluding tert-OH is 3. The van der Waals surface area contributed by atoms with E-state index in [0.29, 0.717) is 0 Å². The van der Waals surface area contributed by atoms with Gasteiger partial charge in [-0.2, -0.15) is 8.62 Å². The summed E-state index contributed by atoms with van der Waals surface area (Å²) in [4.78, 5) is 114. The number of carbonyl (C=O) groups is 1. The van der Waals surface area contributed by atoms with E-state index in [4.69, 9.17) is 48.5 Å². The molecular weight excluding hydrogens is 1140 g/mol. The third kappa shape index (κ3) is 12.6. The molecule has 4 unspecified atom stereocenters. The minimum atomic E-state index is -6.24. The first-order valence-corrected chi connectivity index (χ1v) is 28.6. The number of ether oxygens (including phenoxy) is 4. The highest BCUT2D eigenvalue weighted by molar-refractivity contribution is 7.66. The lowest BCUT2D eigenvalue weighted by Crippen LogP contribution is -2.45. The molecule has 3 fully saturated rings. The van der Waals surface area contributed by atoms with Gasteiger partial charge in [-0.25, -0.2) is 42.6 Å². The van der Waals surface area contributed by atoms with Crippen LogP contribution in [0.2, 0.25) is 0 Å². The molecule has 78 heavy (non-hydrogen) atoms. The predicted octanol–water partition coefficient (Wildman–Crippen LogP) is -3.66. The van der Waals surface area contributed by atoms with Crippen LogP contribution in [0.4, 0.5) is 11.8 Å². The molecule has 3 aliphatic rings. The van der Waals surface area contributed by atoms with Crippen LogP contribution < -0.4 is 32.8 Å². The number of nitrogens with two attached hydrogens (primary N) is 2. The number of nitrogens with one attached hydrogen (secondary N) is 2. The standard InChI is InChI=1S/C36H51N13O25P4/c1-5-46-14-49(30-22(46)31(55)44-35(38)43-30)32-23(52)15(8-20(51)45(2)3)16(69-32)9-67-76(59,60)73-78(63,64)74-77(61,62)68-11-18-26(27(65-4)34(71-18)48-13-41-21-28(37)39-12-40-29(21)48)72-75(57,58)66-10-17-24(53)25(54)33(70-17)47-7-6-19(50)42-36(47)56/h6-7,12-18,23-27,32-34,52-54H,5,8-11H2,1-4H3,(H9-,37,38,39,40,42,43,44,50,55,56,57,58,59,60,61,62,63,64)/p+1/t15-,16-,17-,18-,23-,24-,25-,26-,27-,32-,33-,34-/m1/s1. The molecule has 38 nitrogen and oxygen atoms in total. The molecule has 8 rings (SSSR count). The lowest BCUT2D eigenvalue weighted by Gasteiger charge is -2.26. The molecule has 8 heterocycles. The molecule has 0 aromatic carbocycles. The van der Waals surface area contributed by atoms with E-state index in [1.54, 1.807) is 6.92 Å². The number of carbonyl (C=O) groups excluding carboxylic acids is 1. The number of amides is 1. The van der Waals surface area contributed by atoms with E-state index in [1.165, 1.54) is 39.0 Å². The number of aromatic amines is 2. The molecule has 430 valence electrons. The number of imidazole rings is 2. The second-order valence-electron chi connectivity index (χ2n) is 17.6. The first kappa shape index (κ1) is 59.0. The van der Waals surface area contributed by atoms with Gasteiger partial charge in [0, 0.05) is 45.8 Å². The molecule has 0 saturated carbocycles. The molecule has 0 spiro atoms. The van der Waals surface area contributed by atoms with E-state index in [-0.39, 0.29) is 40.6 Å². The van der Waals surface area contributed by atoms with Gasteiger partial charge in [-0.3, -0.25) is 56.1 Å². The maximum absolute atomic E-state index is 13.6. The Morgan fingerprint density at radius 3 is 2.09 bits per heavy atom. The Balaban J connectivity index is 0.954. The summed E-state index contributed by atoms with van der Waals surface area (Å²) in [5.74, 6) is -2.19. The van der Waals surface area contributed by atoms with Crippen molar-refractivity contribution in [3.63, 3.8) is 0 Å². The number of methoxy groups -OCH3 is 1. The molecule has 3 aliphatic heterocycles. The number of hydrogen-bond acceptors (Lipinski definition) is 27. The van der Waals surface area contributed by atoms with E-state index in [9.17, 15) is 72.3 Å². The summed E-state index contributed by atoms with van der Waals surface area (Å²) >= 11 is 0. The summed E-state index contributed by atoms with van der Waals surface area (Å²) in [5.41, 5.74) is 9.26. The van der Waals surface area contributed by atoms with Gasteiger partial charge in [0.1, 0.15) is 54.6 Å². The van der Waals surface area contributed by atoms with Crippen LogP contribution in [0.15, 0.2) is 45.6 Å². The fourth-order valence-electron chi connectivity index (χ4n) is 8.66. The number of phosphoric ester groups is 3. The Kier molecular flexibility index (Phi) is 17.2. The number of aliphatic hydroxyl groups is 3. The molecule has 16 atom stereocenters. The molecule has 42 heteroatoms. The summed E-state index contributed by atoms with van der Waals surface area (Å²) in [5, 5.41) is 32.8. The minimum absolute atomic E-state index is 0.00137. The van der Waals surface area contributed by atoms with Gasteiger partial charge in [0.05, 0.1) is 38.8 Å². The number of aryl methyl sites for hydroxylation is 1. The number of fused-ring (bicyclic) bond motifs is 2. The van der Waals surface area contributed by atoms with Crippen LogP contribution in [-0.2, 0) is 75.3 Å². The van der Waals surface area contributed by atoms with Crippen LogP contribution in [0, 0.1) is 5.92 Å². The van der Waals surface area contributed by atoms with Crippen LogP contribution in [0.25, 0.3) is 22.3 Å². The van der Waals surface area contributed by atoms with Gasteiger partial charge < -0.3 is 70.2 Å². The Hall–Kier alpha value is -5.11. The van der Waals surface area contributed by atoms with Gasteiger partial charge in [-0.1, -0.05) is 4.98 Å². The second kappa shape index (κ2) is 22.8. The van der Waals surface area contributed by atoms with Crippen molar-refractivity contribution in [2.45, 2.75) is 87.4 Å². The average Bonchev–Trinajstić information content (AvgIpc) is 4.38. The molecule has 1 amide bonds. The van der Waals surface area contributed by atoms with Gasteiger partial charge in [0.2, 0.25) is 17.7 Å². The number of anilines is 2. The number of H-pyrrole nitrogens is 2. The van der Waals surface area contributed by atoms with E-state index in [1.807, 2.05) is 4.98 Å². The topological polar surface area (TPSA) is 528 Å². The minimum Gasteiger partial charge on any atom is -0.387 e. The van der Waals surface area contributed by atoms with Crippen molar-refractivity contribution in [2.75, 3.05) is 52.5 Å². The highest BCUT2D eigenvalue weighted by Crippen LogP contribution is 2.68. The first-order valence-electron chi connectivity index (χ1n) is 22.7. The number of aromatic nitrogens is 10. The highest BCUT2D eigenvalue weighted by atomic mass is 31.3. The number of phosphoric acid groups is 4. The summed E-state index contributed by atoms with van der Waals surface area (Å²) < 4.78 is 110. The van der Waals surface area contributed by atoms with Crippen molar-refractivity contribution < 1.29 is 108 Å². The number of hydrogen-bond donors (Lipinski definition) is 11. The van der Waals surface area contributed by atoms with Gasteiger partial charge in [-0.05, 0) is 6.92 Å². The monoisotopic (exact) mass is 1190 g/mol. The van der Waals surface area contributed by atoms with Crippen molar-refractivity contribution >= 4 is 71.3 Å². The molecular formula is C36H52N13O25P4+. The summed E-state index contributed by atoms with van der Waals surface area (Å²) in [6.45, 7) is -1.44. The fourth-order valence-corrected chi connectivity index (χ4v) is 13.1. The lowest BCUT2D eigenvalue weighted by atomic mass is 9.94. The van der Waals surface area contributed by atoms with Gasteiger partial charge in [-0.15, -0.1) is 0 Å². The quantitative estimate of drug-likeness (QED) is 0.0235. The van der Waals surface area contributed by atoms with E-state index in [0.717, 1.165) is 36.6 Å². The molecule has 13 N–H and O–H groups in total. The fraction of sp³-hybridized carbons (Fsp3) is 0.583. The van der Waals surface area contributed by atoms with Crippen LogP contribution in [0.3, 0.4) is 0 Å². The van der Waals surface area contributed by atoms with Crippen LogP contribution in [-0.4, -0.2) is 179 Å². The predicted molar refractivity (Wildman–Crippen MR) is 253 cm³/mol. The highest BCUT2D eigenvalue weighted by Gasteiger charge is 2.54. The summed E-state index contributed by atoms with van der Waals surface area (Å²) in [6, 6.07) is 0.921. The van der Waals surface area contributed by atoms with E-state index in [2.05, 4.69) is 33.5 Å². The van der Waals surface area contributed by atoms with E-state index >= 15 is 0 Å². The summed E-state index contributed by atoms with van der Waals surface area (Å²) in [7, 11) is -19.7. The maximum Gasteiger partial charge on any atom is 0.490 e. The van der Waals surface area contributed by atoms with Gasteiger partial charge >= 0.3 is 42.6 Å². The smallest absolute Gasteiger partial charge is 0.387 e. The first-order chi connectivity index (χ1) is 36.5. The Morgan fingerprint density at radius 2 is 1.45 bits per heavy atom. The zero-order valence-corrected chi connectivity index (χ0v) is 44.4. The average molecular weight is 1190 g/mol. The Morgan fingerprint density at radius 1 is 0.808 bits per heavy atom. The number of nitrogens with zero attached hydrogens (tertiary/aromatic N) is 9. The van der Waals surface area contributed by atoms with Crippen LogP contribution in [0.1, 0.15) is 32.0 Å². The molecule has 3 saturated heterocycles. The number of nitrogen functional groups attached to an aromatic ring is 2. The largest absolute Gasteiger partial charge is 0.490 e. The molecule has 0 aliphatic carbocycles. The molecule has 5 aromatic rings. The number of rotatable bonds is 22. The zero-order chi connectivity index (χ0) is 57.0. The normalized spacial score (nSPS) is 29.6. The van der Waals surface area contributed by atoms with Crippen molar-refractivity contribution in [1.82, 2.24) is 48.5 Å². The maximum atomic E-state index is 13.6. The van der Waals surface area contributed by atoms with Crippen molar-refractivity contribution in [2.24, 2.45) is 5.92 Å². The summed E-state index contributed by atoms with van der Waals surface area (Å²) in [6.07, 6.45) is -14.3.